The zero-order chi connectivity index (χ0) is 18.5. The second-order valence-electron chi connectivity index (χ2n) is 5.79. The molecule has 0 radical (unpaired) electrons. The van der Waals surface area contributed by atoms with Crippen molar-refractivity contribution < 1.29 is 28.4 Å². The monoisotopic (exact) mass is 372 g/mol. The number of hydrogen-bond donors (Lipinski definition) is 1. The minimum Gasteiger partial charge on any atom is -0.480 e. The molecule has 3 rings (SSSR count). The highest BCUT2D eigenvalue weighted by molar-refractivity contribution is 6.30. The molecular formula is C15H11ClF2N2O5. The van der Waals surface area contributed by atoms with Gasteiger partial charge in [0, 0.05) is 22.7 Å². The number of nitrogens with zero attached hydrogens (tertiary/aromatic N) is 2. The van der Waals surface area contributed by atoms with E-state index in [1.54, 1.807) is 0 Å². The predicted molar refractivity (Wildman–Crippen MR) is 82.3 cm³/mol. The predicted octanol–water partition coefficient (Wildman–Crippen LogP) is 2.72. The summed E-state index contributed by atoms with van der Waals surface area (Å²) in [6.45, 7) is 0. The molecule has 0 bridgehead atoms. The number of nitro groups is 1. The maximum absolute atomic E-state index is 15.0. The molecule has 0 aromatic heterocycles. The molecule has 0 spiro atoms. The van der Waals surface area contributed by atoms with E-state index in [0.29, 0.717) is 11.0 Å². The van der Waals surface area contributed by atoms with Crippen LogP contribution in [0.3, 0.4) is 0 Å². The lowest BCUT2D eigenvalue weighted by atomic mass is 9.89. The van der Waals surface area contributed by atoms with E-state index in [1.165, 1.54) is 6.07 Å². The number of carboxylic acid groups (broad SMARTS) is 1. The Balaban J connectivity index is 2.16. The summed E-state index contributed by atoms with van der Waals surface area (Å²) < 4.78 is 29.9. The van der Waals surface area contributed by atoms with Crippen LogP contribution in [0.15, 0.2) is 24.3 Å². The van der Waals surface area contributed by atoms with E-state index < -0.39 is 51.6 Å². The van der Waals surface area contributed by atoms with Gasteiger partial charge in [-0.25, -0.2) is 4.79 Å². The Morgan fingerprint density at radius 2 is 2.08 bits per heavy atom. The number of halogens is 3. The van der Waals surface area contributed by atoms with Crippen LogP contribution in [-0.2, 0) is 9.59 Å². The molecule has 2 aliphatic rings. The summed E-state index contributed by atoms with van der Waals surface area (Å²) >= 11 is 5.78. The largest absolute Gasteiger partial charge is 0.480 e. The lowest BCUT2D eigenvalue weighted by Gasteiger charge is -2.37. The van der Waals surface area contributed by atoms with Crippen molar-refractivity contribution in [1.29, 1.82) is 0 Å². The van der Waals surface area contributed by atoms with E-state index in [0.717, 1.165) is 12.1 Å². The molecule has 2 aliphatic heterocycles. The average Bonchev–Trinajstić information content (AvgIpc) is 2.97. The number of carbonyl (C=O) groups excluding carboxylic acids is 1. The fraction of sp³-hybridized carbons (Fsp3) is 0.333. The molecule has 1 amide bonds. The van der Waals surface area contributed by atoms with Gasteiger partial charge in [-0.05, 0) is 25.0 Å². The quantitative estimate of drug-likeness (QED) is 0.649. The van der Waals surface area contributed by atoms with Crippen LogP contribution in [0.4, 0.5) is 14.5 Å². The first-order valence-corrected chi connectivity index (χ1v) is 7.61. The highest BCUT2D eigenvalue weighted by atomic mass is 35.5. The molecule has 0 saturated carbocycles. The van der Waals surface area contributed by atoms with Crippen LogP contribution in [0.1, 0.15) is 18.4 Å². The van der Waals surface area contributed by atoms with E-state index in [1.807, 2.05) is 0 Å². The normalized spacial score (nSPS) is 24.7. The maximum Gasteiger partial charge on any atom is 0.326 e. The molecular weight excluding hydrogens is 362 g/mol. The molecule has 0 aliphatic carbocycles. The summed E-state index contributed by atoms with van der Waals surface area (Å²) in [6.07, 6.45) is 0.234. The highest BCUT2D eigenvalue weighted by Crippen LogP contribution is 2.48. The first kappa shape index (κ1) is 17.3. The molecule has 7 nitrogen and oxygen atoms in total. The van der Waals surface area contributed by atoms with E-state index in [2.05, 4.69) is 0 Å². The van der Waals surface area contributed by atoms with Gasteiger partial charge in [-0.3, -0.25) is 14.9 Å². The van der Waals surface area contributed by atoms with Gasteiger partial charge in [-0.1, -0.05) is 11.6 Å². The minimum absolute atomic E-state index is 0.00186. The number of nitro benzene ring substituents is 1. The van der Waals surface area contributed by atoms with E-state index >= 15 is 0 Å². The number of hydrogen-bond acceptors (Lipinski definition) is 4. The molecule has 1 unspecified atom stereocenters. The Hall–Kier alpha value is -2.55. The van der Waals surface area contributed by atoms with Crippen molar-refractivity contribution in [2.75, 3.05) is 0 Å². The maximum atomic E-state index is 15.0. The van der Waals surface area contributed by atoms with Crippen molar-refractivity contribution in [2.24, 2.45) is 0 Å². The zero-order valence-electron chi connectivity index (χ0n) is 12.5. The number of amides is 1. The lowest BCUT2D eigenvalue weighted by molar-refractivity contribution is -0.385. The van der Waals surface area contributed by atoms with Crippen molar-refractivity contribution in [2.45, 2.75) is 30.8 Å². The van der Waals surface area contributed by atoms with Gasteiger partial charge in [0.1, 0.15) is 12.1 Å². The van der Waals surface area contributed by atoms with Crippen LogP contribution in [-0.4, -0.2) is 44.8 Å². The summed E-state index contributed by atoms with van der Waals surface area (Å²) in [5.74, 6) is -5.92. The fourth-order valence-corrected chi connectivity index (χ4v) is 3.50. The summed E-state index contributed by atoms with van der Waals surface area (Å²) in [6, 6.07) is 0.177. The summed E-state index contributed by atoms with van der Waals surface area (Å²) in [7, 11) is 0. The zero-order valence-corrected chi connectivity index (χ0v) is 13.2. The van der Waals surface area contributed by atoms with Crippen LogP contribution in [0.25, 0.3) is 5.57 Å². The summed E-state index contributed by atoms with van der Waals surface area (Å²) in [5, 5.41) is 20.3. The van der Waals surface area contributed by atoms with Crippen molar-refractivity contribution in [3.8, 4) is 0 Å². The molecule has 1 fully saturated rings. The topological polar surface area (TPSA) is 101 Å². The van der Waals surface area contributed by atoms with Crippen LogP contribution in [0, 0.1) is 10.1 Å². The van der Waals surface area contributed by atoms with Crippen molar-refractivity contribution >= 4 is 34.7 Å². The van der Waals surface area contributed by atoms with Gasteiger partial charge in [-0.2, -0.15) is 8.78 Å². The van der Waals surface area contributed by atoms with Crippen molar-refractivity contribution in [3.05, 3.63) is 45.0 Å². The molecule has 2 atom stereocenters. The lowest BCUT2D eigenvalue weighted by Crippen LogP contribution is -2.54. The van der Waals surface area contributed by atoms with Gasteiger partial charge in [0.2, 0.25) is 5.91 Å². The number of fused-ring (bicyclic) bond motifs is 1. The third-order valence-electron chi connectivity index (χ3n) is 4.42. The van der Waals surface area contributed by atoms with Gasteiger partial charge in [0.05, 0.1) is 10.5 Å². The Labute approximate surface area is 144 Å². The van der Waals surface area contributed by atoms with Crippen LogP contribution < -0.4 is 0 Å². The van der Waals surface area contributed by atoms with Gasteiger partial charge in [0.25, 0.3) is 11.6 Å². The number of alkyl halides is 2. The molecule has 1 saturated heterocycles. The number of rotatable bonds is 3. The van der Waals surface area contributed by atoms with Gasteiger partial charge >= 0.3 is 5.97 Å². The molecule has 1 aromatic rings. The van der Waals surface area contributed by atoms with Crippen LogP contribution in [0.5, 0.6) is 0 Å². The van der Waals surface area contributed by atoms with Crippen molar-refractivity contribution in [3.63, 3.8) is 0 Å². The second-order valence-corrected chi connectivity index (χ2v) is 6.23. The molecule has 25 heavy (non-hydrogen) atoms. The number of carboxylic acids is 1. The number of benzene rings is 1. The minimum atomic E-state index is -3.65. The Bertz CT molecular complexity index is 826. The second kappa shape index (κ2) is 5.76. The first-order valence-electron chi connectivity index (χ1n) is 7.24. The Kier molecular flexibility index (Phi) is 3.98. The van der Waals surface area contributed by atoms with Gasteiger partial charge in [-0.15, -0.1) is 0 Å². The molecule has 1 N–H and O–H groups in total. The van der Waals surface area contributed by atoms with Gasteiger partial charge < -0.3 is 10.0 Å². The van der Waals surface area contributed by atoms with Crippen LogP contribution >= 0.6 is 11.6 Å². The highest BCUT2D eigenvalue weighted by Gasteiger charge is 2.58. The number of carbonyl (C=O) groups is 2. The SMILES string of the molecule is O=C(O)[C@@H]1CCC2N1C(=O)C=C(c1cc(Cl)ccc1[N+](=O)[O-])C2(F)F. The van der Waals surface area contributed by atoms with E-state index in [-0.39, 0.29) is 17.9 Å². The first-order chi connectivity index (χ1) is 11.6. The third-order valence-corrected chi connectivity index (χ3v) is 4.65. The molecule has 2 heterocycles. The van der Waals surface area contributed by atoms with Crippen molar-refractivity contribution in [1.82, 2.24) is 4.90 Å². The standard InChI is InChI=1S/C15H11ClF2N2O5/c16-7-1-2-10(20(24)25)8(5-7)9-6-13(21)19-11(14(22)23)3-4-12(19)15(9,17)18/h1-2,5-6,11-12H,3-4H2,(H,22,23)/t11-,12?/m0/s1. The van der Waals surface area contributed by atoms with E-state index in [9.17, 15) is 28.5 Å². The third kappa shape index (κ3) is 2.64. The number of aliphatic carboxylic acids is 1. The molecule has 132 valence electrons. The molecule has 1 aromatic carbocycles. The Morgan fingerprint density at radius 3 is 2.68 bits per heavy atom. The van der Waals surface area contributed by atoms with Gasteiger partial charge in [0.15, 0.2) is 0 Å². The summed E-state index contributed by atoms with van der Waals surface area (Å²) in [5.41, 5.74) is -1.88. The van der Waals surface area contributed by atoms with Crippen LogP contribution in [0.2, 0.25) is 5.02 Å². The average molecular weight is 373 g/mol. The molecule has 10 heteroatoms. The fourth-order valence-electron chi connectivity index (χ4n) is 3.33. The smallest absolute Gasteiger partial charge is 0.326 e. The Morgan fingerprint density at radius 1 is 1.40 bits per heavy atom. The van der Waals surface area contributed by atoms with E-state index in [4.69, 9.17) is 16.7 Å². The summed E-state index contributed by atoms with van der Waals surface area (Å²) in [4.78, 5) is 34.4.